The number of carbonyl (C=O) groups is 3. The predicted molar refractivity (Wildman–Crippen MR) is 188 cm³/mol. The summed E-state index contributed by atoms with van der Waals surface area (Å²) in [5, 5.41) is 20.1. The number of primary amides is 1. The van der Waals surface area contributed by atoms with Crippen LogP contribution >= 0.6 is 11.8 Å². The lowest BCUT2D eigenvalue weighted by Crippen LogP contribution is -2.55. The van der Waals surface area contributed by atoms with Crippen LogP contribution in [0.4, 0.5) is 0 Å². The highest BCUT2D eigenvalue weighted by Crippen LogP contribution is 2.26. The number of nitrogens with one attached hydrogen (secondary N) is 2. The van der Waals surface area contributed by atoms with E-state index in [1.54, 1.807) is 12.1 Å². The molecule has 0 aromatic heterocycles. The molecule has 9 heteroatoms. The Bertz CT molecular complexity index is 1740. The summed E-state index contributed by atoms with van der Waals surface area (Å²) in [7, 11) is 0. The molecule has 3 atom stereocenters. The summed E-state index contributed by atoms with van der Waals surface area (Å²) in [6, 6.07) is 28.1. The zero-order chi connectivity index (χ0) is 33.6. The van der Waals surface area contributed by atoms with Crippen LogP contribution in [0.25, 0.3) is 10.8 Å². The van der Waals surface area contributed by atoms with Crippen LogP contribution in [0.3, 0.4) is 0 Å². The van der Waals surface area contributed by atoms with Crippen molar-refractivity contribution in [1.82, 2.24) is 15.5 Å². The van der Waals surface area contributed by atoms with Crippen LogP contribution in [0.2, 0.25) is 0 Å². The zero-order valence-electron chi connectivity index (χ0n) is 27.2. The second kappa shape index (κ2) is 15.2. The van der Waals surface area contributed by atoms with Gasteiger partial charge in [-0.05, 0) is 72.9 Å². The number of carbonyl (C=O) groups excluding carboxylic acids is 3. The number of hydrogen-bond acceptors (Lipinski definition) is 6. The quantitative estimate of drug-likeness (QED) is 0.162. The number of aliphatic hydroxyl groups excluding tert-OH is 1. The number of nitrogens with two attached hydrogens (primary N) is 1. The minimum atomic E-state index is -1.02. The minimum absolute atomic E-state index is 0.134. The zero-order valence-corrected chi connectivity index (χ0v) is 28.1. The number of hydrogen-bond donors (Lipinski definition) is 4. The standard InChI is InChI=1S/C38H44N4O4S/c1-38(2,3)41-36(45)31-15-9-8-13-28(31)21-34(43)32(24-47-30-17-16-25-10-4-6-12-27(25)20-30)40-37(46)33(22-35(39)44)42-19-18-26-11-5-7-14-29(26)23-42/h4-17,20,32-34,43H,18-19,21-24H2,1-3H3,(H2,39,44)(H,40,46)(H,41,45)/t32-,33-,34+/m0/s1. The molecule has 8 nitrogen and oxygen atoms in total. The maximum Gasteiger partial charge on any atom is 0.251 e. The molecule has 0 spiro atoms. The summed E-state index contributed by atoms with van der Waals surface area (Å²) in [6.45, 7) is 6.89. The van der Waals surface area contributed by atoms with Gasteiger partial charge in [-0.3, -0.25) is 19.3 Å². The van der Waals surface area contributed by atoms with Crippen molar-refractivity contribution in [3.8, 4) is 0 Å². The van der Waals surface area contributed by atoms with Gasteiger partial charge in [0.05, 0.1) is 24.6 Å². The molecule has 47 heavy (non-hydrogen) atoms. The number of benzene rings is 4. The Balaban J connectivity index is 1.39. The van der Waals surface area contributed by atoms with E-state index < -0.39 is 29.6 Å². The molecule has 0 saturated heterocycles. The third kappa shape index (κ3) is 9.22. The number of aliphatic hydroxyl groups is 1. The van der Waals surface area contributed by atoms with Gasteiger partial charge in [-0.15, -0.1) is 11.8 Å². The summed E-state index contributed by atoms with van der Waals surface area (Å²) in [4.78, 5) is 42.4. The Morgan fingerprint density at radius 1 is 0.915 bits per heavy atom. The molecular formula is C38H44N4O4S. The van der Waals surface area contributed by atoms with E-state index in [2.05, 4.69) is 41.0 Å². The van der Waals surface area contributed by atoms with Crippen molar-refractivity contribution < 1.29 is 19.5 Å². The molecule has 3 amide bonds. The smallest absolute Gasteiger partial charge is 0.251 e. The first-order valence-electron chi connectivity index (χ1n) is 16.1. The van der Waals surface area contributed by atoms with Crippen molar-refractivity contribution in [2.75, 3.05) is 12.3 Å². The van der Waals surface area contributed by atoms with Crippen LogP contribution < -0.4 is 16.4 Å². The molecular weight excluding hydrogens is 609 g/mol. The molecule has 0 saturated carbocycles. The second-order valence-electron chi connectivity index (χ2n) is 13.2. The van der Waals surface area contributed by atoms with Crippen molar-refractivity contribution >= 4 is 40.3 Å². The molecule has 5 N–H and O–H groups in total. The molecule has 5 rings (SSSR count). The van der Waals surface area contributed by atoms with Crippen LogP contribution in [0.1, 0.15) is 54.2 Å². The minimum Gasteiger partial charge on any atom is -0.391 e. The van der Waals surface area contributed by atoms with Gasteiger partial charge in [0.25, 0.3) is 5.91 Å². The topological polar surface area (TPSA) is 125 Å². The van der Waals surface area contributed by atoms with Crippen LogP contribution in [-0.2, 0) is 29.0 Å². The van der Waals surface area contributed by atoms with Gasteiger partial charge in [0.15, 0.2) is 0 Å². The number of amides is 3. The largest absolute Gasteiger partial charge is 0.391 e. The maximum absolute atomic E-state index is 14.0. The normalized spacial score (nSPS) is 15.3. The van der Waals surface area contributed by atoms with Gasteiger partial charge < -0.3 is 21.5 Å². The Hall–Kier alpha value is -4.18. The van der Waals surface area contributed by atoms with E-state index in [4.69, 9.17) is 5.73 Å². The highest BCUT2D eigenvalue weighted by atomic mass is 32.2. The Kier molecular flexibility index (Phi) is 11.0. The second-order valence-corrected chi connectivity index (χ2v) is 14.3. The van der Waals surface area contributed by atoms with Crippen molar-refractivity contribution in [3.63, 3.8) is 0 Å². The first-order chi connectivity index (χ1) is 22.5. The fourth-order valence-corrected chi connectivity index (χ4v) is 7.08. The Morgan fingerprint density at radius 2 is 1.60 bits per heavy atom. The molecule has 4 aromatic rings. The van der Waals surface area contributed by atoms with E-state index in [1.807, 2.05) is 74.2 Å². The number of thioether (sulfide) groups is 1. The Labute approximate surface area is 281 Å². The Morgan fingerprint density at radius 3 is 2.34 bits per heavy atom. The first kappa shape index (κ1) is 34.2. The summed E-state index contributed by atoms with van der Waals surface area (Å²) < 4.78 is 0. The van der Waals surface area contributed by atoms with Crippen molar-refractivity contribution in [2.45, 2.75) is 75.2 Å². The van der Waals surface area contributed by atoms with Crippen LogP contribution in [0.5, 0.6) is 0 Å². The summed E-state index contributed by atoms with van der Waals surface area (Å²) in [5.41, 5.74) is 8.74. The number of fused-ring (bicyclic) bond motifs is 2. The van der Waals surface area contributed by atoms with Gasteiger partial charge in [0.1, 0.15) is 0 Å². The lowest BCUT2D eigenvalue weighted by Gasteiger charge is -2.35. The molecule has 0 unspecified atom stereocenters. The molecule has 1 heterocycles. The monoisotopic (exact) mass is 652 g/mol. The maximum atomic E-state index is 14.0. The van der Waals surface area contributed by atoms with E-state index in [-0.39, 0.29) is 24.7 Å². The van der Waals surface area contributed by atoms with Crippen LogP contribution in [0, 0.1) is 0 Å². The van der Waals surface area contributed by atoms with Gasteiger partial charge in [-0.25, -0.2) is 0 Å². The van der Waals surface area contributed by atoms with Gasteiger partial charge in [0, 0.05) is 41.3 Å². The lowest BCUT2D eigenvalue weighted by molar-refractivity contribution is -0.132. The third-order valence-electron chi connectivity index (χ3n) is 8.42. The molecule has 0 fully saturated rings. The van der Waals surface area contributed by atoms with Crippen LogP contribution in [-0.4, -0.2) is 63.8 Å². The number of rotatable bonds is 12. The van der Waals surface area contributed by atoms with Gasteiger partial charge in [-0.1, -0.05) is 72.8 Å². The van der Waals surface area contributed by atoms with Crippen molar-refractivity contribution in [2.24, 2.45) is 5.73 Å². The molecule has 0 radical (unpaired) electrons. The highest BCUT2D eigenvalue weighted by Gasteiger charge is 2.33. The van der Waals surface area contributed by atoms with Gasteiger partial charge in [-0.2, -0.15) is 0 Å². The van der Waals surface area contributed by atoms with Crippen molar-refractivity contribution in [3.05, 3.63) is 113 Å². The SMILES string of the molecule is CC(C)(C)NC(=O)c1ccccc1C[C@@H](O)[C@H](CSc1ccc2ccccc2c1)NC(=O)[C@H](CC(N)=O)N1CCc2ccccc2C1. The van der Waals surface area contributed by atoms with E-state index >= 15 is 0 Å². The van der Waals surface area contributed by atoms with Gasteiger partial charge in [0.2, 0.25) is 11.8 Å². The molecule has 0 bridgehead atoms. The highest BCUT2D eigenvalue weighted by molar-refractivity contribution is 7.99. The lowest BCUT2D eigenvalue weighted by atomic mass is 9.96. The van der Waals surface area contributed by atoms with E-state index in [9.17, 15) is 19.5 Å². The van der Waals surface area contributed by atoms with Crippen LogP contribution in [0.15, 0.2) is 95.9 Å². The molecule has 0 aliphatic carbocycles. The average Bonchev–Trinajstić information content (AvgIpc) is 3.04. The molecule has 4 aromatic carbocycles. The van der Waals surface area contributed by atoms with Gasteiger partial charge >= 0.3 is 0 Å². The van der Waals surface area contributed by atoms with E-state index in [0.29, 0.717) is 30.0 Å². The fraction of sp³-hybridized carbons (Fsp3) is 0.342. The van der Waals surface area contributed by atoms with E-state index in [0.717, 1.165) is 27.7 Å². The summed E-state index contributed by atoms with van der Waals surface area (Å²) in [5.74, 6) is -0.776. The number of nitrogens with zero attached hydrogens (tertiary/aromatic N) is 1. The first-order valence-corrected chi connectivity index (χ1v) is 17.0. The summed E-state index contributed by atoms with van der Waals surface area (Å²) >= 11 is 1.54. The van der Waals surface area contributed by atoms with Crippen molar-refractivity contribution in [1.29, 1.82) is 0 Å². The third-order valence-corrected chi connectivity index (χ3v) is 9.53. The molecule has 1 aliphatic rings. The molecule has 246 valence electrons. The average molecular weight is 653 g/mol. The molecule has 1 aliphatic heterocycles. The fourth-order valence-electron chi connectivity index (χ4n) is 6.03. The summed E-state index contributed by atoms with van der Waals surface area (Å²) in [6.07, 6.45) is -0.249. The van der Waals surface area contributed by atoms with E-state index in [1.165, 1.54) is 17.3 Å². The predicted octanol–water partition coefficient (Wildman–Crippen LogP) is 4.85.